The Labute approximate surface area is 436 Å². The maximum absolute atomic E-state index is 13.1. The normalized spacial score (nSPS) is 25.3. The first kappa shape index (κ1) is 66.3. The van der Waals surface area contributed by atoms with E-state index in [4.69, 9.17) is 28.4 Å². The molecule has 11 unspecified atom stereocenters. The lowest BCUT2D eigenvalue weighted by Gasteiger charge is -2.42. The number of aliphatic hydroxyl groups excluding tert-OH is 7. The van der Waals surface area contributed by atoms with Gasteiger partial charge in [-0.15, -0.1) is 0 Å². The Bertz CT molecular complexity index is 1330. The van der Waals surface area contributed by atoms with E-state index in [1.165, 1.54) is 141 Å². The van der Waals surface area contributed by atoms with Crippen LogP contribution in [-0.4, -0.2) is 142 Å². The van der Waals surface area contributed by atoms with Gasteiger partial charge in [-0.3, -0.25) is 4.79 Å². The second-order valence-corrected chi connectivity index (χ2v) is 20.5. The van der Waals surface area contributed by atoms with Gasteiger partial charge in [-0.05, 0) is 51.4 Å². The summed E-state index contributed by atoms with van der Waals surface area (Å²) in [5.74, 6) is -0.380. The summed E-state index contributed by atoms with van der Waals surface area (Å²) in [6, 6.07) is 0. The maximum atomic E-state index is 13.1. The van der Waals surface area contributed by atoms with Crippen LogP contribution in [0, 0.1) is 0 Å². The van der Waals surface area contributed by atoms with E-state index in [2.05, 4.69) is 50.3 Å². The second kappa shape index (κ2) is 45.4. The number of carbonyl (C=O) groups excluding carboxylic acids is 1. The van der Waals surface area contributed by atoms with Crippen molar-refractivity contribution in [1.29, 1.82) is 0 Å². The SMILES string of the molecule is CCCCCCC/C=C\C/C=C\C/C=C\CCCCCCCCCCC(=O)OC(COCCCCCCCCCCCCCCCCC)COC1OC(COC2OC(CO)C(O)C(O)C2O)C(O)C(O)C1O. The van der Waals surface area contributed by atoms with Crippen molar-refractivity contribution in [3.05, 3.63) is 36.5 Å². The zero-order valence-electron chi connectivity index (χ0n) is 45.2. The fourth-order valence-electron chi connectivity index (χ4n) is 9.18. The highest BCUT2D eigenvalue weighted by atomic mass is 16.7. The van der Waals surface area contributed by atoms with Gasteiger partial charge in [0.05, 0.1) is 26.4 Å². The number of allylic oxidation sites excluding steroid dienone is 6. The molecule has 11 atom stereocenters. The Morgan fingerprint density at radius 3 is 1.35 bits per heavy atom. The fourth-order valence-corrected chi connectivity index (χ4v) is 9.18. The van der Waals surface area contributed by atoms with Crippen LogP contribution in [0.2, 0.25) is 0 Å². The molecule has 0 radical (unpaired) electrons. The van der Waals surface area contributed by atoms with E-state index in [1.54, 1.807) is 0 Å². The van der Waals surface area contributed by atoms with Gasteiger partial charge in [0, 0.05) is 13.0 Å². The van der Waals surface area contributed by atoms with E-state index in [1.807, 2.05) is 0 Å². The summed E-state index contributed by atoms with van der Waals surface area (Å²) in [6.45, 7) is 3.70. The third-order valence-electron chi connectivity index (χ3n) is 13.9. The van der Waals surface area contributed by atoms with Gasteiger partial charge in [0.2, 0.25) is 0 Å². The number of carbonyl (C=O) groups is 1. The number of hydrogen-bond acceptors (Lipinski definition) is 14. The Morgan fingerprint density at radius 1 is 0.458 bits per heavy atom. The minimum atomic E-state index is -1.71. The quantitative estimate of drug-likeness (QED) is 0.0172. The highest BCUT2D eigenvalue weighted by Gasteiger charge is 2.47. The Kier molecular flexibility index (Phi) is 41.8. The van der Waals surface area contributed by atoms with Crippen molar-refractivity contribution in [1.82, 2.24) is 0 Å². The number of esters is 1. The molecule has 14 nitrogen and oxygen atoms in total. The third kappa shape index (κ3) is 31.9. The molecule has 0 aromatic rings. The number of ether oxygens (including phenoxy) is 6. The Hall–Kier alpha value is -1.79. The fraction of sp³-hybridized carbons (Fsp3) is 0.879. The van der Waals surface area contributed by atoms with Crippen LogP contribution in [0.5, 0.6) is 0 Å². The molecule has 2 heterocycles. The van der Waals surface area contributed by atoms with Crippen molar-refractivity contribution in [3.8, 4) is 0 Å². The summed E-state index contributed by atoms with van der Waals surface area (Å²) < 4.78 is 34.4. The van der Waals surface area contributed by atoms with E-state index in [0.29, 0.717) is 13.0 Å². The van der Waals surface area contributed by atoms with Gasteiger partial charge in [-0.1, -0.05) is 204 Å². The molecule has 0 aromatic carbocycles. The van der Waals surface area contributed by atoms with Crippen molar-refractivity contribution in [3.63, 3.8) is 0 Å². The standard InChI is InChI=1S/C58H106O14/c1-3-5-7-9-11-13-15-17-19-20-21-22-23-24-25-26-27-29-31-33-35-37-39-41-50(60)70-47(44-67-42-40-38-36-34-32-30-28-18-16-14-12-10-8-6-4-2)45-68-57-56(66)54(64)52(62)49(72-57)46-69-58-55(65)53(63)51(61)48(43-59)71-58/h15,17,20-21,23-24,47-49,51-59,61-66H,3-14,16,18-19,22,25-46H2,1-2H3/b17-15-,21-20-,24-23-. The van der Waals surface area contributed by atoms with Crippen LogP contribution >= 0.6 is 0 Å². The molecular formula is C58H106O14. The van der Waals surface area contributed by atoms with Crippen LogP contribution in [0.1, 0.15) is 226 Å². The summed E-state index contributed by atoms with van der Waals surface area (Å²) in [4.78, 5) is 13.1. The predicted octanol–water partition coefficient (Wildman–Crippen LogP) is 10.1. The van der Waals surface area contributed by atoms with Gasteiger partial charge >= 0.3 is 5.97 Å². The lowest BCUT2D eigenvalue weighted by molar-refractivity contribution is -0.332. The van der Waals surface area contributed by atoms with Crippen molar-refractivity contribution in [2.24, 2.45) is 0 Å². The lowest BCUT2D eigenvalue weighted by atomic mass is 9.98. The molecule has 2 saturated heterocycles. The van der Waals surface area contributed by atoms with E-state index in [-0.39, 0.29) is 25.6 Å². The Balaban J connectivity index is 1.71. The number of hydrogen-bond donors (Lipinski definition) is 7. The number of rotatable bonds is 47. The number of unbranched alkanes of at least 4 members (excludes halogenated alkanes) is 27. The molecule has 0 amide bonds. The highest BCUT2D eigenvalue weighted by Crippen LogP contribution is 2.27. The molecule has 0 bridgehead atoms. The van der Waals surface area contributed by atoms with Gasteiger partial charge < -0.3 is 64.2 Å². The van der Waals surface area contributed by atoms with Crippen molar-refractivity contribution < 1.29 is 69.0 Å². The number of aliphatic hydroxyl groups is 7. The van der Waals surface area contributed by atoms with Crippen molar-refractivity contribution in [2.75, 3.05) is 33.0 Å². The summed E-state index contributed by atoms with van der Waals surface area (Å²) in [6.07, 6.45) is 36.3. The van der Waals surface area contributed by atoms with Gasteiger partial charge in [-0.25, -0.2) is 0 Å². The summed E-state index contributed by atoms with van der Waals surface area (Å²) >= 11 is 0. The van der Waals surface area contributed by atoms with Crippen molar-refractivity contribution >= 4 is 5.97 Å². The van der Waals surface area contributed by atoms with Gasteiger partial charge in [0.1, 0.15) is 54.9 Å². The van der Waals surface area contributed by atoms with Gasteiger partial charge in [0.15, 0.2) is 12.6 Å². The second-order valence-electron chi connectivity index (χ2n) is 20.5. The molecule has 0 saturated carbocycles. The smallest absolute Gasteiger partial charge is 0.306 e. The molecule has 2 aliphatic heterocycles. The third-order valence-corrected chi connectivity index (χ3v) is 13.9. The molecule has 0 aliphatic carbocycles. The molecule has 2 fully saturated rings. The van der Waals surface area contributed by atoms with E-state index in [0.717, 1.165) is 57.8 Å². The minimum absolute atomic E-state index is 0.0615. The molecule has 2 rings (SSSR count). The molecule has 72 heavy (non-hydrogen) atoms. The van der Waals surface area contributed by atoms with E-state index in [9.17, 15) is 40.5 Å². The van der Waals surface area contributed by atoms with Crippen LogP contribution in [0.3, 0.4) is 0 Å². The van der Waals surface area contributed by atoms with Crippen LogP contribution < -0.4 is 0 Å². The minimum Gasteiger partial charge on any atom is -0.457 e. The largest absolute Gasteiger partial charge is 0.457 e. The first-order valence-electron chi connectivity index (χ1n) is 29.1. The topological polar surface area (TPSA) is 214 Å². The average molecular weight is 1030 g/mol. The maximum Gasteiger partial charge on any atom is 0.306 e. The highest BCUT2D eigenvalue weighted by molar-refractivity contribution is 5.69. The van der Waals surface area contributed by atoms with Crippen LogP contribution in [0.15, 0.2) is 36.5 Å². The molecule has 14 heteroatoms. The van der Waals surface area contributed by atoms with E-state index < -0.39 is 80.7 Å². The van der Waals surface area contributed by atoms with Crippen molar-refractivity contribution in [2.45, 2.75) is 293 Å². The zero-order valence-corrected chi connectivity index (χ0v) is 45.2. The van der Waals surface area contributed by atoms with Crippen LogP contribution in [-0.2, 0) is 33.2 Å². The molecule has 7 N–H and O–H groups in total. The summed E-state index contributed by atoms with van der Waals surface area (Å²) in [5, 5.41) is 72.3. The lowest BCUT2D eigenvalue weighted by Crippen LogP contribution is -2.61. The molecule has 2 aliphatic rings. The Morgan fingerprint density at radius 2 is 0.861 bits per heavy atom. The molecule has 0 spiro atoms. The first-order chi connectivity index (χ1) is 35.1. The van der Waals surface area contributed by atoms with Gasteiger partial charge in [0.25, 0.3) is 0 Å². The zero-order chi connectivity index (χ0) is 52.3. The average Bonchev–Trinajstić information content (AvgIpc) is 3.38. The monoisotopic (exact) mass is 1030 g/mol. The van der Waals surface area contributed by atoms with Gasteiger partial charge in [-0.2, -0.15) is 0 Å². The van der Waals surface area contributed by atoms with Crippen LogP contribution in [0.25, 0.3) is 0 Å². The molecular weight excluding hydrogens is 921 g/mol. The molecule has 0 aromatic heterocycles. The van der Waals surface area contributed by atoms with E-state index >= 15 is 0 Å². The van der Waals surface area contributed by atoms with Crippen LogP contribution in [0.4, 0.5) is 0 Å². The predicted molar refractivity (Wildman–Crippen MR) is 284 cm³/mol. The summed E-state index contributed by atoms with van der Waals surface area (Å²) in [7, 11) is 0. The summed E-state index contributed by atoms with van der Waals surface area (Å²) in [5.41, 5.74) is 0. The molecule has 422 valence electrons. The first-order valence-corrected chi connectivity index (χ1v) is 29.1.